The van der Waals surface area contributed by atoms with Crippen LogP contribution < -0.4 is 0 Å². The van der Waals surface area contributed by atoms with Gasteiger partial charge in [0.05, 0.1) is 6.10 Å². The summed E-state index contributed by atoms with van der Waals surface area (Å²) >= 11 is 0. The zero-order valence-electron chi connectivity index (χ0n) is 13.2. The summed E-state index contributed by atoms with van der Waals surface area (Å²) in [6.07, 6.45) is 6.14. The second-order valence-electron chi connectivity index (χ2n) is 5.82. The number of hydrogen-bond donors (Lipinski definition) is 0. The maximum Gasteiger partial charge on any atom is 0.222 e. The van der Waals surface area contributed by atoms with Gasteiger partial charge in [-0.1, -0.05) is 0 Å². The molecular formula is C16H25N3O2. The van der Waals surface area contributed by atoms with E-state index < -0.39 is 0 Å². The van der Waals surface area contributed by atoms with Gasteiger partial charge in [0.2, 0.25) is 5.91 Å². The molecule has 1 aromatic rings. The Balaban J connectivity index is 1.77. The molecular weight excluding hydrogens is 266 g/mol. The molecule has 1 aliphatic heterocycles. The van der Waals surface area contributed by atoms with Gasteiger partial charge in [-0.25, -0.2) is 0 Å². The third-order valence-electron chi connectivity index (χ3n) is 4.27. The third-order valence-corrected chi connectivity index (χ3v) is 4.27. The van der Waals surface area contributed by atoms with Crippen molar-refractivity contribution in [1.29, 1.82) is 0 Å². The Bertz CT molecular complexity index is 452. The minimum Gasteiger partial charge on any atom is -0.380 e. The van der Waals surface area contributed by atoms with Crippen LogP contribution in [0, 0.1) is 0 Å². The first-order chi connectivity index (χ1) is 10.1. The molecule has 0 saturated carbocycles. The molecule has 1 amide bonds. The molecule has 0 unspecified atom stereocenters. The lowest BCUT2D eigenvalue weighted by atomic mass is 10.1. The monoisotopic (exact) mass is 291 g/mol. The van der Waals surface area contributed by atoms with Crippen molar-refractivity contribution in [2.75, 3.05) is 34.3 Å². The van der Waals surface area contributed by atoms with Crippen LogP contribution in [0.1, 0.15) is 18.4 Å². The number of amides is 1. The van der Waals surface area contributed by atoms with Crippen LogP contribution in [0.25, 0.3) is 0 Å². The Morgan fingerprint density at radius 2 is 2.19 bits per heavy atom. The van der Waals surface area contributed by atoms with Crippen LogP contribution >= 0.6 is 0 Å². The van der Waals surface area contributed by atoms with E-state index in [0.29, 0.717) is 18.6 Å². The van der Waals surface area contributed by atoms with Crippen LogP contribution in [0.4, 0.5) is 0 Å². The number of ether oxygens (including phenoxy) is 1. The van der Waals surface area contributed by atoms with E-state index in [1.807, 2.05) is 24.1 Å². The van der Waals surface area contributed by atoms with E-state index in [0.717, 1.165) is 31.5 Å². The molecule has 1 aromatic heterocycles. The molecule has 0 aromatic carbocycles. The van der Waals surface area contributed by atoms with Crippen molar-refractivity contribution in [3.8, 4) is 0 Å². The Labute approximate surface area is 126 Å². The molecule has 116 valence electrons. The normalized spacial score (nSPS) is 22.4. The maximum absolute atomic E-state index is 12.2. The fourth-order valence-corrected chi connectivity index (χ4v) is 2.82. The lowest BCUT2D eigenvalue weighted by Crippen LogP contribution is -2.39. The summed E-state index contributed by atoms with van der Waals surface area (Å²) in [5.41, 5.74) is 1.16. The van der Waals surface area contributed by atoms with Crippen molar-refractivity contribution >= 4 is 5.91 Å². The molecule has 0 spiro atoms. The number of rotatable bonds is 6. The summed E-state index contributed by atoms with van der Waals surface area (Å²) in [6, 6.07) is 4.31. The maximum atomic E-state index is 12.2. The summed E-state index contributed by atoms with van der Waals surface area (Å²) in [7, 11) is 5.74. The van der Waals surface area contributed by atoms with E-state index in [1.165, 1.54) is 0 Å². The quantitative estimate of drug-likeness (QED) is 0.790. The highest BCUT2D eigenvalue weighted by atomic mass is 16.5. The molecule has 2 atom stereocenters. The second-order valence-corrected chi connectivity index (χ2v) is 5.82. The molecule has 21 heavy (non-hydrogen) atoms. The van der Waals surface area contributed by atoms with Crippen molar-refractivity contribution in [2.24, 2.45) is 0 Å². The molecule has 2 heterocycles. The second kappa shape index (κ2) is 7.52. The van der Waals surface area contributed by atoms with Gasteiger partial charge in [-0.3, -0.25) is 14.7 Å². The number of methoxy groups -OCH3 is 1. The first kappa shape index (κ1) is 15.9. The van der Waals surface area contributed by atoms with Gasteiger partial charge in [-0.05, 0) is 37.6 Å². The van der Waals surface area contributed by atoms with Gasteiger partial charge >= 0.3 is 0 Å². The van der Waals surface area contributed by atoms with Gasteiger partial charge in [-0.15, -0.1) is 0 Å². The third kappa shape index (κ3) is 4.51. The van der Waals surface area contributed by atoms with Crippen LogP contribution in [0.15, 0.2) is 24.5 Å². The fourth-order valence-electron chi connectivity index (χ4n) is 2.82. The highest BCUT2D eigenvalue weighted by molar-refractivity contribution is 5.76. The molecule has 0 bridgehead atoms. The van der Waals surface area contributed by atoms with E-state index in [2.05, 4.69) is 16.9 Å². The molecule has 0 aliphatic carbocycles. The number of likely N-dealkylation sites (N-methyl/N-ethyl adjacent to an activating group) is 2. The van der Waals surface area contributed by atoms with Crippen molar-refractivity contribution in [2.45, 2.75) is 31.4 Å². The number of carbonyl (C=O) groups is 1. The summed E-state index contributed by atoms with van der Waals surface area (Å²) in [5.74, 6) is 0.195. The van der Waals surface area contributed by atoms with E-state index >= 15 is 0 Å². The topological polar surface area (TPSA) is 45.7 Å². The number of pyridine rings is 1. The van der Waals surface area contributed by atoms with Gasteiger partial charge in [0.1, 0.15) is 0 Å². The molecule has 0 radical (unpaired) electrons. The Morgan fingerprint density at radius 3 is 2.81 bits per heavy atom. The average molecular weight is 291 g/mol. The fraction of sp³-hybridized carbons (Fsp3) is 0.625. The van der Waals surface area contributed by atoms with Crippen LogP contribution in [-0.2, 0) is 16.0 Å². The Hall–Kier alpha value is -1.46. The van der Waals surface area contributed by atoms with Gasteiger partial charge in [0.15, 0.2) is 0 Å². The molecule has 1 fully saturated rings. The van der Waals surface area contributed by atoms with Crippen LogP contribution in [0.3, 0.4) is 0 Å². The van der Waals surface area contributed by atoms with Crippen LogP contribution in [0.2, 0.25) is 0 Å². The molecule has 1 saturated heterocycles. The predicted molar refractivity (Wildman–Crippen MR) is 82.0 cm³/mol. The van der Waals surface area contributed by atoms with Crippen LogP contribution in [-0.4, -0.2) is 67.1 Å². The molecule has 5 nitrogen and oxygen atoms in total. The number of hydrogen-bond acceptors (Lipinski definition) is 4. The molecule has 5 heteroatoms. The van der Waals surface area contributed by atoms with Gasteiger partial charge in [0, 0.05) is 52.1 Å². The first-order valence-corrected chi connectivity index (χ1v) is 7.46. The minimum absolute atomic E-state index is 0.195. The summed E-state index contributed by atoms with van der Waals surface area (Å²) in [5, 5.41) is 0. The predicted octanol–water partition coefficient (Wildman–Crippen LogP) is 1.19. The first-order valence-electron chi connectivity index (χ1n) is 7.46. The van der Waals surface area contributed by atoms with Gasteiger partial charge in [-0.2, -0.15) is 0 Å². The standard InChI is InChI=1S/C16H25N3O2/c1-18-12-15(21-3)10-14(18)11-19(2)16(20)5-4-13-6-8-17-9-7-13/h6-9,14-15H,4-5,10-12H2,1-3H3/t14-,15-/m0/s1. The summed E-state index contributed by atoms with van der Waals surface area (Å²) in [4.78, 5) is 20.3. The highest BCUT2D eigenvalue weighted by Gasteiger charge is 2.30. The Kier molecular flexibility index (Phi) is 5.70. The van der Waals surface area contributed by atoms with E-state index in [1.54, 1.807) is 19.5 Å². The smallest absolute Gasteiger partial charge is 0.222 e. The van der Waals surface area contributed by atoms with Crippen molar-refractivity contribution in [3.63, 3.8) is 0 Å². The average Bonchev–Trinajstić information content (AvgIpc) is 2.86. The summed E-state index contributed by atoms with van der Waals surface area (Å²) < 4.78 is 5.41. The lowest BCUT2D eigenvalue weighted by Gasteiger charge is -2.25. The molecule has 1 aliphatic rings. The summed E-state index contributed by atoms with van der Waals surface area (Å²) in [6.45, 7) is 1.71. The van der Waals surface area contributed by atoms with E-state index in [-0.39, 0.29) is 5.91 Å². The van der Waals surface area contributed by atoms with Crippen molar-refractivity contribution in [3.05, 3.63) is 30.1 Å². The number of nitrogens with zero attached hydrogens (tertiary/aromatic N) is 3. The molecule has 0 N–H and O–H groups in total. The van der Waals surface area contributed by atoms with Crippen molar-refractivity contribution in [1.82, 2.24) is 14.8 Å². The van der Waals surface area contributed by atoms with Gasteiger partial charge < -0.3 is 9.64 Å². The van der Waals surface area contributed by atoms with Crippen molar-refractivity contribution < 1.29 is 9.53 Å². The molecule has 2 rings (SSSR count). The van der Waals surface area contributed by atoms with E-state index in [9.17, 15) is 4.79 Å². The van der Waals surface area contributed by atoms with Gasteiger partial charge in [0.25, 0.3) is 0 Å². The number of aromatic nitrogens is 1. The number of likely N-dealkylation sites (tertiary alicyclic amines) is 1. The zero-order chi connectivity index (χ0) is 15.2. The highest BCUT2D eigenvalue weighted by Crippen LogP contribution is 2.19. The number of carbonyl (C=O) groups excluding carboxylic acids is 1. The zero-order valence-corrected chi connectivity index (χ0v) is 13.2. The van der Waals surface area contributed by atoms with E-state index in [4.69, 9.17) is 4.74 Å². The lowest BCUT2D eigenvalue weighted by molar-refractivity contribution is -0.130. The largest absolute Gasteiger partial charge is 0.380 e. The minimum atomic E-state index is 0.195. The Morgan fingerprint density at radius 1 is 1.48 bits per heavy atom. The SMILES string of the molecule is CO[C@H]1C[C@@H](CN(C)C(=O)CCc2ccncc2)N(C)C1. The van der Waals surface area contributed by atoms with Crippen LogP contribution in [0.5, 0.6) is 0 Å². The number of aryl methyl sites for hydroxylation is 1.